The number of piperidine rings is 1. The standard InChI is InChI=1S/C17H22N2O5/c1-23-13-5-7-14(8-6-13)24-11-12(20)10-19-16(21)15-4-2-3-9-18(15)17(19)22/h5-8,12,15,20H,2-4,9-11H2,1H3/t12-,15+/m1/s1. The van der Waals surface area contributed by atoms with Crippen LogP contribution in [0.25, 0.3) is 0 Å². The summed E-state index contributed by atoms with van der Waals surface area (Å²) >= 11 is 0. The fraction of sp³-hybridized carbons (Fsp3) is 0.529. The molecule has 2 atom stereocenters. The SMILES string of the molecule is COc1ccc(OC[C@H](O)CN2C(=O)[C@@H]3CCCCN3C2=O)cc1. The van der Waals surface area contributed by atoms with Crippen molar-refractivity contribution >= 4 is 11.9 Å². The quantitative estimate of drug-likeness (QED) is 0.792. The summed E-state index contributed by atoms with van der Waals surface area (Å²) in [5, 5.41) is 10.1. The summed E-state index contributed by atoms with van der Waals surface area (Å²) in [5.74, 6) is 1.10. The number of benzene rings is 1. The largest absolute Gasteiger partial charge is 0.497 e. The van der Waals surface area contributed by atoms with E-state index < -0.39 is 6.10 Å². The van der Waals surface area contributed by atoms with E-state index in [0.717, 1.165) is 17.7 Å². The molecule has 7 nitrogen and oxygen atoms in total. The third-order valence-electron chi connectivity index (χ3n) is 4.43. The molecule has 24 heavy (non-hydrogen) atoms. The zero-order valence-corrected chi connectivity index (χ0v) is 13.7. The van der Waals surface area contributed by atoms with E-state index in [1.165, 1.54) is 0 Å². The van der Waals surface area contributed by atoms with Gasteiger partial charge in [0.1, 0.15) is 30.3 Å². The molecule has 130 valence electrons. The van der Waals surface area contributed by atoms with E-state index in [9.17, 15) is 14.7 Å². The van der Waals surface area contributed by atoms with Crippen molar-refractivity contribution in [1.82, 2.24) is 9.80 Å². The molecule has 1 aromatic carbocycles. The number of hydrogen-bond acceptors (Lipinski definition) is 5. The smallest absolute Gasteiger partial charge is 0.327 e. The topological polar surface area (TPSA) is 79.3 Å². The molecule has 0 radical (unpaired) electrons. The number of imide groups is 1. The Kier molecular flexibility index (Phi) is 4.89. The molecule has 2 fully saturated rings. The minimum absolute atomic E-state index is 0.00799. The van der Waals surface area contributed by atoms with Gasteiger partial charge >= 0.3 is 6.03 Å². The lowest BCUT2D eigenvalue weighted by Gasteiger charge is -2.26. The maximum Gasteiger partial charge on any atom is 0.327 e. The number of β-amino-alcohol motifs (C(OH)–C–C–N with tert-alkyl or cyclic N) is 1. The Morgan fingerprint density at radius 3 is 2.58 bits per heavy atom. The van der Waals surface area contributed by atoms with Gasteiger partial charge in [-0.15, -0.1) is 0 Å². The third-order valence-corrected chi connectivity index (χ3v) is 4.43. The van der Waals surface area contributed by atoms with Crippen molar-refractivity contribution in [3.8, 4) is 11.5 Å². The van der Waals surface area contributed by atoms with Crippen molar-refractivity contribution in [3.05, 3.63) is 24.3 Å². The van der Waals surface area contributed by atoms with Crippen molar-refractivity contribution in [2.24, 2.45) is 0 Å². The first-order chi connectivity index (χ1) is 11.6. The second-order valence-electron chi connectivity index (χ2n) is 6.08. The van der Waals surface area contributed by atoms with Gasteiger partial charge in [0.05, 0.1) is 13.7 Å². The van der Waals surface area contributed by atoms with Crippen LogP contribution in [0.2, 0.25) is 0 Å². The molecule has 2 aliphatic heterocycles. The fourth-order valence-electron chi connectivity index (χ4n) is 3.14. The molecular weight excluding hydrogens is 312 g/mol. The van der Waals surface area contributed by atoms with Crippen molar-refractivity contribution in [2.45, 2.75) is 31.4 Å². The van der Waals surface area contributed by atoms with E-state index in [0.29, 0.717) is 24.5 Å². The molecule has 0 spiro atoms. The lowest BCUT2D eigenvalue weighted by atomic mass is 10.0. The van der Waals surface area contributed by atoms with Crippen LogP contribution < -0.4 is 9.47 Å². The Morgan fingerprint density at radius 1 is 1.21 bits per heavy atom. The normalized spacial score (nSPS) is 21.7. The Hall–Kier alpha value is -2.28. The molecular formula is C17H22N2O5. The predicted molar refractivity (Wildman–Crippen MR) is 85.9 cm³/mol. The van der Waals surface area contributed by atoms with Gasteiger partial charge in [-0.05, 0) is 43.5 Å². The molecule has 1 aromatic rings. The number of ether oxygens (including phenoxy) is 2. The number of nitrogens with zero attached hydrogens (tertiary/aromatic N) is 2. The van der Waals surface area contributed by atoms with Gasteiger partial charge in [0, 0.05) is 6.54 Å². The minimum Gasteiger partial charge on any atom is -0.497 e. The average molecular weight is 334 g/mol. The highest BCUT2D eigenvalue weighted by molar-refractivity contribution is 6.04. The summed E-state index contributed by atoms with van der Waals surface area (Å²) in [6.45, 7) is 0.582. The van der Waals surface area contributed by atoms with Gasteiger partial charge in [-0.1, -0.05) is 0 Å². The minimum atomic E-state index is -0.929. The molecule has 0 unspecified atom stereocenters. The van der Waals surface area contributed by atoms with Crippen LogP contribution in [0.1, 0.15) is 19.3 Å². The van der Waals surface area contributed by atoms with Crippen molar-refractivity contribution in [2.75, 3.05) is 26.8 Å². The molecule has 0 saturated carbocycles. The van der Waals surface area contributed by atoms with Gasteiger partial charge in [0.25, 0.3) is 5.91 Å². The molecule has 1 N–H and O–H groups in total. The van der Waals surface area contributed by atoms with Gasteiger partial charge in [0.2, 0.25) is 0 Å². The van der Waals surface area contributed by atoms with Crippen molar-refractivity contribution < 1.29 is 24.2 Å². The first-order valence-corrected chi connectivity index (χ1v) is 8.17. The first kappa shape index (κ1) is 16.6. The zero-order valence-electron chi connectivity index (χ0n) is 13.7. The number of methoxy groups -OCH3 is 1. The van der Waals surface area contributed by atoms with Gasteiger partial charge in [-0.2, -0.15) is 0 Å². The molecule has 2 saturated heterocycles. The van der Waals surface area contributed by atoms with E-state index in [-0.39, 0.29) is 31.1 Å². The van der Waals surface area contributed by atoms with Crippen LogP contribution in [0.5, 0.6) is 11.5 Å². The molecule has 3 amide bonds. The van der Waals surface area contributed by atoms with E-state index in [1.807, 2.05) is 0 Å². The first-order valence-electron chi connectivity index (χ1n) is 8.17. The number of rotatable bonds is 6. The number of carbonyl (C=O) groups is 2. The third kappa shape index (κ3) is 3.31. The number of hydrogen-bond donors (Lipinski definition) is 1. The highest BCUT2D eigenvalue weighted by atomic mass is 16.5. The van der Waals surface area contributed by atoms with E-state index >= 15 is 0 Å². The fourth-order valence-corrected chi connectivity index (χ4v) is 3.14. The summed E-state index contributed by atoms with van der Waals surface area (Å²) in [6.07, 6.45) is 1.66. The monoisotopic (exact) mass is 334 g/mol. The van der Waals surface area contributed by atoms with Crippen LogP contribution in [0.3, 0.4) is 0 Å². The summed E-state index contributed by atoms with van der Waals surface area (Å²) in [5.41, 5.74) is 0. The average Bonchev–Trinajstić information content (AvgIpc) is 2.86. The van der Waals surface area contributed by atoms with Crippen LogP contribution in [-0.2, 0) is 4.79 Å². The van der Waals surface area contributed by atoms with Gasteiger partial charge in [0.15, 0.2) is 0 Å². The second-order valence-corrected chi connectivity index (χ2v) is 6.08. The zero-order chi connectivity index (χ0) is 17.1. The number of amides is 3. The Bertz CT molecular complexity index is 580. The summed E-state index contributed by atoms with van der Waals surface area (Å²) < 4.78 is 10.6. The Balaban J connectivity index is 1.53. The van der Waals surface area contributed by atoms with Crippen LogP contribution in [-0.4, -0.2) is 65.8 Å². The van der Waals surface area contributed by atoms with E-state index in [1.54, 1.807) is 36.3 Å². The molecule has 3 rings (SSSR count). The van der Waals surface area contributed by atoms with Gasteiger partial charge in [-0.3, -0.25) is 9.69 Å². The van der Waals surface area contributed by atoms with E-state index in [4.69, 9.17) is 9.47 Å². The number of fused-ring (bicyclic) bond motifs is 1. The van der Waals surface area contributed by atoms with Crippen LogP contribution in [0.15, 0.2) is 24.3 Å². The van der Waals surface area contributed by atoms with Crippen LogP contribution in [0, 0.1) is 0 Å². The lowest BCUT2D eigenvalue weighted by Crippen LogP contribution is -2.40. The lowest BCUT2D eigenvalue weighted by molar-refractivity contribution is -0.129. The maximum atomic E-state index is 12.3. The van der Waals surface area contributed by atoms with Gasteiger partial charge in [-0.25, -0.2) is 4.79 Å². The highest BCUT2D eigenvalue weighted by Crippen LogP contribution is 2.26. The van der Waals surface area contributed by atoms with Crippen LogP contribution >= 0.6 is 0 Å². The Morgan fingerprint density at radius 2 is 1.92 bits per heavy atom. The molecule has 7 heteroatoms. The summed E-state index contributed by atoms with van der Waals surface area (Å²) in [7, 11) is 1.58. The van der Waals surface area contributed by atoms with Crippen LogP contribution in [0.4, 0.5) is 4.79 Å². The molecule has 0 aliphatic carbocycles. The number of carbonyl (C=O) groups excluding carboxylic acids is 2. The second kappa shape index (κ2) is 7.09. The number of aliphatic hydroxyl groups excluding tert-OH is 1. The summed E-state index contributed by atoms with van der Waals surface area (Å²) in [6, 6.07) is 6.34. The molecule has 2 aliphatic rings. The molecule has 0 aromatic heterocycles. The van der Waals surface area contributed by atoms with E-state index in [2.05, 4.69) is 0 Å². The highest BCUT2D eigenvalue weighted by Gasteiger charge is 2.46. The Labute approximate surface area is 140 Å². The van der Waals surface area contributed by atoms with Crippen molar-refractivity contribution in [1.29, 1.82) is 0 Å². The van der Waals surface area contributed by atoms with Crippen molar-refractivity contribution in [3.63, 3.8) is 0 Å². The molecule has 0 bridgehead atoms. The number of urea groups is 1. The molecule has 2 heterocycles. The number of aliphatic hydroxyl groups is 1. The predicted octanol–water partition coefficient (Wildman–Crippen LogP) is 1.25. The summed E-state index contributed by atoms with van der Waals surface area (Å²) in [4.78, 5) is 27.4. The maximum absolute atomic E-state index is 12.3. The van der Waals surface area contributed by atoms with Gasteiger partial charge < -0.3 is 19.5 Å².